The fourth-order valence-electron chi connectivity index (χ4n) is 1.72. The fraction of sp³-hybridized carbons (Fsp3) is 0.200. The molecule has 0 heterocycles. The molecular formula is C15H15Br2NO. The van der Waals surface area contributed by atoms with Gasteiger partial charge in [0, 0.05) is 4.47 Å². The van der Waals surface area contributed by atoms with Gasteiger partial charge >= 0.3 is 0 Å². The number of hydrogen-bond donors (Lipinski definition) is 1. The molecule has 0 fully saturated rings. The third kappa shape index (κ3) is 4.34. The second kappa shape index (κ2) is 7.08. The molecule has 0 unspecified atom stereocenters. The van der Waals surface area contributed by atoms with Crippen LogP contribution in [-0.2, 0) is 13.0 Å². The summed E-state index contributed by atoms with van der Waals surface area (Å²) < 4.78 is 7.76. The van der Waals surface area contributed by atoms with Crippen LogP contribution in [0.4, 0.5) is 0 Å². The molecule has 0 aromatic heterocycles. The van der Waals surface area contributed by atoms with Crippen LogP contribution < -0.4 is 10.5 Å². The summed E-state index contributed by atoms with van der Waals surface area (Å²) in [4.78, 5) is 0. The van der Waals surface area contributed by atoms with Crippen LogP contribution in [0, 0.1) is 0 Å². The number of ether oxygens (including phenoxy) is 1. The van der Waals surface area contributed by atoms with Gasteiger partial charge in [-0.2, -0.15) is 0 Å². The molecule has 0 saturated heterocycles. The van der Waals surface area contributed by atoms with E-state index in [9.17, 15) is 0 Å². The third-order valence-electron chi connectivity index (χ3n) is 2.74. The van der Waals surface area contributed by atoms with E-state index in [1.165, 1.54) is 5.56 Å². The lowest BCUT2D eigenvalue weighted by Gasteiger charge is -2.09. The van der Waals surface area contributed by atoms with E-state index >= 15 is 0 Å². The van der Waals surface area contributed by atoms with Crippen LogP contribution in [0.5, 0.6) is 5.75 Å². The molecule has 0 aliphatic heterocycles. The predicted octanol–water partition coefficient (Wildman–Crippen LogP) is 4.29. The number of nitrogens with two attached hydrogens (primary N) is 1. The van der Waals surface area contributed by atoms with Gasteiger partial charge in [0.15, 0.2) is 0 Å². The van der Waals surface area contributed by atoms with E-state index in [0.717, 1.165) is 26.7 Å². The summed E-state index contributed by atoms with van der Waals surface area (Å²) in [6.07, 6.45) is 0.916. The maximum absolute atomic E-state index is 5.79. The van der Waals surface area contributed by atoms with E-state index in [4.69, 9.17) is 10.5 Å². The molecule has 0 amide bonds. The first kappa shape index (κ1) is 14.6. The lowest BCUT2D eigenvalue weighted by atomic mass is 10.1. The lowest BCUT2D eigenvalue weighted by Crippen LogP contribution is -2.03. The van der Waals surface area contributed by atoms with Gasteiger partial charge in [0.2, 0.25) is 0 Å². The van der Waals surface area contributed by atoms with Gasteiger partial charge in [-0.15, -0.1) is 0 Å². The van der Waals surface area contributed by atoms with Crippen molar-refractivity contribution in [3.63, 3.8) is 0 Å². The van der Waals surface area contributed by atoms with Crippen molar-refractivity contribution in [1.29, 1.82) is 0 Å². The highest BCUT2D eigenvalue weighted by Crippen LogP contribution is 2.28. The first-order chi connectivity index (χ1) is 9.19. The number of halogens is 2. The monoisotopic (exact) mass is 383 g/mol. The van der Waals surface area contributed by atoms with Gasteiger partial charge in [-0.25, -0.2) is 0 Å². The van der Waals surface area contributed by atoms with Crippen molar-refractivity contribution in [2.45, 2.75) is 13.0 Å². The maximum atomic E-state index is 5.79. The Morgan fingerprint density at radius 1 is 0.947 bits per heavy atom. The summed E-state index contributed by atoms with van der Waals surface area (Å²) in [5, 5.41) is 0. The molecule has 100 valence electrons. The van der Waals surface area contributed by atoms with Gasteiger partial charge in [0.1, 0.15) is 12.4 Å². The highest BCUT2D eigenvalue weighted by molar-refractivity contribution is 9.11. The Balaban J connectivity index is 1.98. The maximum Gasteiger partial charge on any atom is 0.134 e. The summed E-state index contributed by atoms with van der Waals surface area (Å²) in [5.74, 6) is 0.842. The zero-order valence-corrected chi connectivity index (χ0v) is 13.6. The van der Waals surface area contributed by atoms with Gasteiger partial charge in [0.05, 0.1) is 4.47 Å². The molecule has 0 radical (unpaired) electrons. The summed E-state index contributed by atoms with van der Waals surface area (Å²) in [6.45, 7) is 1.24. The number of rotatable bonds is 5. The molecule has 2 aromatic carbocycles. The average molecular weight is 385 g/mol. The van der Waals surface area contributed by atoms with Crippen LogP contribution in [0.25, 0.3) is 0 Å². The molecule has 19 heavy (non-hydrogen) atoms. The second-order valence-corrected chi connectivity index (χ2v) is 5.99. The van der Waals surface area contributed by atoms with Crippen LogP contribution in [0.1, 0.15) is 11.1 Å². The minimum absolute atomic E-state index is 0.559. The van der Waals surface area contributed by atoms with Crippen LogP contribution >= 0.6 is 31.9 Å². The molecule has 0 saturated carbocycles. The van der Waals surface area contributed by atoms with E-state index in [-0.39, 0.29) is 0 Å². The fourth-order valence-corrected chi connectivity index (χ4v) is 2.88. The van der Waals surface area contributed by atoms with Gasteiger partial charge in [0.25, 0.3) is 0 Å². The standard InChI is InChI=1S/C15H15Br2NO/c16-13-5-6-15(14(17)9-13)19-10-12-3-1-11(2-4-12)7-8-18/h1-6,9H,7-8,10,18H2. The largest absolute Gasteiger partial charge is 0.488 e. The Labute approximate surface area is 130 Å². The Kier molecular flexibility index (Phi) is 5.43. The van der Waals surface area contributed by atoms with Crippen molar-refractivity contribution in [3.8, 4) is 5.75 Å². The molecule has 2 N–H and O–H groups in total. The first-order valence-electron chi connectivity index (χ1n) is 6.05. The zero-order chi connectivity index (χ0) is 13.7. The Morgan fingerprint density at radius 3 is 2.26 bits per heavy atom. The number of benzene rings is 2. The SMILES string of the molecule is NCCc1ccc(COc2ccc(Br)cc2Br)cc1. The van der Waals surface area contributed by atoms with Gasteiger partial charge in [-0.3, -0.25) is 0 Å². The molecule has 0 bridgehead atoms. The summed E-state index contributed by atoms with van der Waals surface area (Å²) in [5.41, 5.74) is 7.94. The van der Waals surface area contributed by atoms with Crippen molar-refractivity contribution in [1.82, 2.24) is 0 Å². The van der Waals surface area contributed by atoms with Crippen molar-refractivity contribution < 1.29 is 4.74 Å². The molecule has 2 nitrogen and oxygen atoms in total. The molecule has 0 atom stereocenters. The highest BCUT2D eigenvalue weighted by Gasteiger charge is 2.02. The average Bonchev–Trinajstić information content (AvgIpc) is 2.40. The quantitative estimate of drug-likeness (QED) is 0.834. The van der Waals surface area contributed by atoms with Crippen molar-refractivity contribution in [2.75, 3.05) is 6.54 Å². The molecule has 0 aliphatic rings. The van der Waals surface area contributed by atoms with Crippen molar-refractivity contribution in [3.05, 3.63) is 62.5 Å². The normalized spacial score (nSPS) is 10.5. The Bertz CT molecular complexity index is 540. The van der Waals surface area contributed by atoms with Gasteiger partial charge in [-0.1, -0.05) is 40.2 Å². The second-order valence-electron chi connectivity index (χ2n) is 4.22. The predicted molar refractivity (Wildman–Crippen MR) is 85.4 cm³/mol. The minimum atomic E-state index is 0.559. The smallest absolute Gasteiger partial charge is 0.134 e. The van der Waals surface area contributed by atoms with E-state index < -0.39 is 0 Å². The molecule has 2 rings (SSSR count). The van der Waals surface area contributed by atoms with Crippen LogP contribution in [-0.4, -0.2) is 6.54 Å². The van der Waals surface area contributed by atoms with Gasteiger partial charge in [-0.05, 0) is 58.2 Å². The molecule has 0 aliphatic carbocycles. The zero-order valence-electron chi connectivity index (χ0n) is 10.4. The van der Waals surface area contributed by atoms with Gasteiger partial charge < -0.3 is 10.5 Å². The minimum Gasteiger partial charge on any atom is -0.488 e. The highest BCUT2D eigenvalue weighted by atomic mass is 79.9. The molecule has 4 heteroatoms. The van der Waals surface area contributed by atoms with E-state index in [1.54, 1.807) is 0 Å². The van der Waals surface area contributed by atoms with Crippen LogP contribution in [0.15, 0.2) is 51.4 Å². The summed E-state index contributed by atoms with van der Waals surface area (Å²) >= 11 is 6.90. The molecule has 0 spiro atoms. The van der Waals surface area contributed by atoms with Crippen molar-refractivity contribution >= 4 is 31.9 Å². The van der Waals surface area contributed by atoms with E-state index in [1.807, 2.05) is 18.2 Å². The van der Waals surface area contributed by atoms with Crippen molar-refractivity contribution in [2.24, 2.45) is 5.73 Å². The first-order valence-corrected chi connectivity index (χ1v) is 7.63. The number of hydrogen-bond acceptors (Lipinski definition) is 2. The third-order valence-corrected chi connectivity index (χ3v) is 3.86. The molecule has 2 aromatic rings. The summed E-state index contributed by atoms with van der Waals surface area (Å²) in [6, 6.07) is 14.2. The Hall–Kier alpha value is -0.840. The van der Waals surface area contributed by atoms with E-state index in [2.05, 4.69) is 56.1 Å². The molecular weight excluding hydrogens is 370 g/mol. The van der Waals surface area contributed by atoms with E-state index in [0.29, 0.717) is 13.2 Å². The topological polar surface area (TPSA) is 35.2 Å². The summed E-state index contributed by atoms with van der Waals surface area (Å²) in [7, 11) is 0. The van der Waals surface area contributed by atoms with Crippen LogP contribution in [0.2, 0.25) is 0 Å². The Morgan fingerprint density at radius 2 is 1.63 bits per heavy atom. The lowest BCUT2D eigenvalue weighted by molar-refractivity contribution is 0.304. The van der Waals surface area contributed by atoms with Crippen LogP contribution in [0.3, 0.4) is 0 Å².